The lowest BCUT2D eigenvalue weighted by Gasteiger charge is -2.26. The van der Waals surface area contributed by atoms with Crippen LogP contribution in [0.5, 0.6) is 0 Å². The molecule has 0 bridgehead atoms. The second-order valence-corrected chi connectivity index (χ2v) is 12.3. The Morgan fingerprint density at radius 3 is 2.41 bits per heavy atom. The van der Waals surface area contributed by atoms with Gasteiger partial charge in [0, 0.05) is 31.7 Å². The summed E-state index contributed by atoms with van der Waals surface area (Å²) in [5.74, 6) is -1.58. The summed E-state index contributed by atoms with van der Waals surface area (Å²) in [6.45, 7) is 8.69. The fraction of sp³-hybridized carbons (Fsp3) is 0.500. The fourth-order valence-corrected chi connectivity index (χ4v) is 6.60. The van der Waals surface area contributed by atoms with Crippen LogP contribution < -0.4 is 15.4 Å². The summed E-state index contributed by atoms with van der Waals surface area (Å²) < 4.78 is 34.0. The first-order valence-electron chi connectivity index (χ1n) is 13.4. The Balaban J connectivity index is 1.56. The SMILES string of the molecule is Cc1cc(C)c(S(=O)(=O)NC(CNC(=O)COC2CC(CNc3ccccn3)N(C(=O)C(C)C)C2)C(=O)O)c(C)c1. The van der Waals surface area contributed by atoms with Gasteiger partial charge in [0.05, 0.1) is 17.0 Å². The number of hydrogen-bond acceptors (Lipinski definition) is 8. The molecule has 12 nitrogen and oxygen atoms in total. The van der Waals surface area contributed by atoms with Crippen molar-refractivity contribution >= 4 is 33.6 Å². The molecule has 3 unspecified atom stereocenters. The monoisotopic (exact) mass is 589 g/mol. The topological polar surface area (TPSA) is 167 Å². The number of carboxylic acid groups (broad SMARTS) is 1. The van der Waals surface area contributed by atoms with Crippen molar-refractivity contribution in [1.82, 2.24) is 19.9 Å². The normalized spacial score (nSPS) is 17.9. The summed E-state index contributed by atoms with van der Waals surface area (Å²) in [7, 11) is -4.17. The van der Waals surface area contributed by atoms with Crippen LogP contribution in [0.1, 0.15) is 37.0 Å². The quantitative estimate of drug-likeness (QED) is 0.271. The van der Waals surface area contributed by atoms with E-state index >= 15 is 0 Å². The zero-order chi connectivity index (χ0) is 30.3. The molecule has 3 atom stereocenters. The minimum absolute atomic E-state index is 0.0119. The first kappa shape index (κ1) is 32.0. The van der Waals surface area contributed by atoms with Crippen molar-refractivity contribution in [3.8, 4) is 0 Å². The second-order valence-electron chi connectivity index (χ2n) is 10.6. The number of sulfonamides is 1. The molecule has 2 aromatic rings. The van der Waals surface area contributed by atoms with E-state index in [4.69, 9.17) is 4.74 Å². The van der Waals surface area contributed by atoms with Gasteiger partial charge in [0.15, 0.2) is 0 Å². The summed E-state index contributed by atoms with van der Waals surface area (Å²) in [4.78, 5) is 43.1. The van der Waals surface area contributed by atoms with Crippen LogP contribution in [-0.2, 0) is 29.1 Å². The third-order valence-electron chi connectivity index (χ3n) is 6.76. The van der Waals surface area contributed by atoms with E-state index in [1.165, 1.54) is 0 Å². The van der Waals surface area contributed by atoms with E-state index in [0.717, 1.165) is 5.56 Å². The number of rotatable bonds is 13. The highest BCUT2D eigenvalue weighted by Crippen LogP contribution is 2.24. The molecule has 41 heavy (non-hydrogen) atoms. The number of anilines is 1. The van der Waals surface area contributed by atoms with Gasteiger partial charge in [-0.25, -0.2) is 13.4 Å². The Hall–Kier alpha value is -3.55. The van der Waals surface area contributed by atoms with Crippen LogP contribution in [0.3, 0.4) is 0 Å². The molecule has 1 aliphatic rings. The molecule has 0 spiro atoms. The number of nitrogens with zero attached hydrogens (tertiary/aromatic N) is 2. The molecule has 13 heteroatoms. The van der Waals surface area contributed by atoms with Crippen LogP contribution in [-0.4, -0.2) is 85.6 Å². The van der Waals surface area contributed by atoms with Gasteiger partial charge in [-0.3, -0.25) is 14.4 Å². The number of nitrogens with one attached hydrogen (secondary N) is 3. The Labute approximate surface area is 240 Å². The lowest BCUT2D eigenvalue weighted by molar-refractivity contribution is -0.139. The van der Waals surface area contributed by atoms with E-state index in [2.05, 4.69) is 20.3 Å². The van der Waals surface area contributed by atoms with E-state index in [0.29, 0.717) is 36.5 Å². The number of carbonyl (C=O) groups is 3. The van der Waals surface area contributed by atoms with Gasteiger partial charge in [0.1, 0.15) is 18.5 Å². The number of ether oxygens (including phenoxy) is 1. The average molecular weight is 590 g/mol. The number of benzene rings is 1. The van der Waals surface area contributed by atoms with Crippen molar-refractivity contribution in [2.45, 2.75) is 64.1 Å². The Morgan fingerprint density at radius 1 is 1.15 bits per heavy atom. The van der Waals surface area contributed by atoms with E-state index in [1.54, 1.807) is 37.1 Å². The van der Waals surface area contributed by atoms with Crippen LogP contribution in [0.25, 0.3) is 0 Å². The number of carboxylic acids is 1. The number of hydrogen-bond donors (Lipinski definition) is 4. The summed E-state index contributed by atoms with van der Waals surface area (Å²) in [6.07, 6.45) is 1.77. The average Bonchev–Trinajstić information content (AvgIpc) is 3.30. The third kappa shape index (κ3) is 8.72. The van der Waals surface area contributed by atoms with Crippen molar-refractivity contribution in [3.63, 3.8) is 0 Å². The molecule has 1 fully saturated rings. The van der Waals surface area contributed by atoms with Gasteiger partial charge >= 0.3 is 5.97 Å². The Bertz CT molecular complexity index is 1330. The van der Waals surface area contributed by atoms with Gasteiger partial charge in [-0.1, -0.05) is 37.6 Å². The van der Waals surface area contributed by atoms with Crippen LogP contribution >= 0.6 is 0 Å². The zero-order valence-corrected chi connectivity index (χ0v) is 24.8. The Morgan fingerprint density at radius 2 is 1.83 bits per heavy atom. The van der Waals surface area contributed by atoms with Crippen molar-refractivity contribution in [1.29, 1.82) is 0 Å². The van der Waals surface area contributed by atoms with E-state index in [9.17, 15) is 27.9 Å². The van der Waals surface area contributed by atoms with E-state index in [1.807, 2.05) is 39.0 Å². The number of aromatic nitrogens is 1. The minimum atomic E-state index is -4.17. The van der Waals surface area contributed by atoms with Crippen LogP contribution in [0.4, 0.5) is 5.82 Å². The van der Waals surface area contributed by atoms with Gasteiger partial charge in [0.2, 0.25) is 21.8 Å². The van der Waals surface area contributed by atoms with Crippen molar-refractivity contribution in [2.75, 3.05) is 31.6 Å². The molecule has 3 rings (SSSR count). The highest BCUT2D eigenvalue weighted by molar-refractivity contribution is 7.89. The second kappa shape index (κ2) is 13.9. The molecule has 0 radical (unpaired) electrons. The number of pyridine rings is 1. The van der Waals surface area contributed by atoms with Crippen molar-refractivity contribution in [3.05, 3.63) is 53.2 Å². The van der Waals surface area contributed by atoms with E-state index in [-0.39, 0.29) is 29.4 Å². The number of carbonyl (C=O) groups excluding carboxylic acids is 2. The molecule has 0 aliphatic carbocycles. The molecule has 224 valence electrons. The molecular formula is C28H39N5O7S. The summed E-state index contributed by atoms with van der Waals surface area (Å²) >= 11 is 0. The molecule has 0 saturated carbocycles. The largest absolute Gasteiger partial charge is 0.480 e. The minimum Gasteiger partial charge on any atom is -0.480 e. The first-order valence-corrected chi connectivity index (χ1v) is 14.9. The summed E-state index contributed by atoms with van der Waals surface area (Å²) in [6, 6.07) is 7.15. The fourth-order valence-electron chi connectivity index (χ4n) is 4.96. The molecule has 1 aliphatic heterocycles. The molecule has 1 aromatic carbocycles. The standard InChI is InChI=1S/C28H39N5O7S/c1-17(2)27(35)33-15-22(12-21(33)13-30-24-8-6-7-9-29-24)40-16-25(34)31-14-23(28(36)37)32-41(38,39)26-19(4)10-18(3)11-20(26)5/h6-11,17,21-23,32H,12-16H2,1-5H3,(H,29,30)(H,31,34)(H,36,37). The lowest BCUT2D eigenvalue weighted by atomic mass is 10.1. The van der Waals surface area contributed by atoms with Gasteiger partial charge in [-0.15, -0.1) is 0 Å². The summed E-state index contributed by atoms with van der Waals surface area (Å²) in [5, 5.41) is 15.3. The maximum atomic E-state index is 13.0. The van der Waals surface area contributed by atoms with Crippen molar-refractivity contribution in [2.24, 2.45) is 5.92 Å². The predicted molar refractivity (Wildman–Crippen MR) is 153 cm³/mol. The predicted octanol–water partition coefficient (Wildman–Crippen LogP) is 1.61. The van der Waals surface area contributed by atoms with Crippen LogP contribution in [0, 0.1) is 26.7 Å². The molecule has 4 N–H and O–H groups in total. The van der Waals surface area contributed by atoms with Crippen molar-refractivity contribution < 1.29 is 32.6 Å². The Kier molecular flexibility index (Phi) is 10.8. The number of amides is 2. The van der Waals surface area contributed by atoms with Gasteiger partial charge < -0.3 is 25.4 Å². The van der Waals surface area contributed by atoms with Gasteiger partial charge in [-0.2, -0.15) is 4.72 Å². The smallest absolute Gasteiger partial charge is 0.323 e. The van der Waals surface area contributed by atoms with Crippen LogP contribution in [0.2, 0.25) is 0 Å². The molecular weight excluding hydrogens is 550 g/mol. The van der Waals surface area contributed by atoms with Gasteiger partial charge in [0.25, 0.3) is 0 Å². The number of aliphatic carboxylic acids is 1. The maximum absolute atomic E-state index is 13.0. The first-order chi connectivity index (χ1) is 19.3. The number of likely N-dealkylation sites (tertiary alicyclic amines) is 1. The maximum Gasteiger partial charge on any atom is 0.323 e. The number of aryl methyl sites for hydroxylation is 3. The molecule has 1 saturated heterocycles. The highest BCUT2D eigenvalue weighted by Gasteiger charge is 2.37. The van der Waals surface area contributed by atoms with Crippen LogP contribution in [0.15, 0.2) is 41.4 Å². The molecule has 1 aromatic heterocycles. The van der Waals surface area contributed by atoms with E-state index < -0.39 is 40.6 Å². The molecule has 2 amide bonds. The summed E-state index contributed by atoms with van der Waals surface area (Å²) in [5.41, 5.74) is 1.87. The molecule has 2 heterocycles. The lowest BCUT2D eigenvalue weighted by Crippen LogP contribution is -2.49. The highest BCUT2D eigenvalue weighted by atomic mass is 32.2. The van der Waals surface area contributed by atoms with Gasteiger partial charge in [-0.05, 0) is 50.5 Å². The zero-order valence-electron chi connectivity index (χ0n) is 24.0. The third-order valence-corrected chi connectivity index (χ3v) is 8.54.